The van der Waals surface area contributed by atoms with E-state index in [4.69, 9.17) is 4.74 Å². The summed E-state index contributed by atoms with van der Waals surface area (Å²) in [6.07, 6.45) is 0. The van der Waals surface area contributed by atoms with Gasteiger partial charge in [0.1, 0.15) is 5.75 Å². The van der Waals surface area contributed by atoms with Gasteiger partial charge in [-0.15, -0.1) is 0 Å². The first-order chi connectivity index (χ1) is 5.16. The van der Waals surface area contributed by atoms with Crippen LogP contribution >= 0.6 is 22.6 Å². The summed E-state index contributed by atoms with van der Waals surface area (Å²) in [5.41, 5.74) is 2.43. The van der Waals surface area contributed by atoms with Crippen LogP contribution in [0.4, 0.5) is 0 Å². The first-order valence-corrected chi connectivity index (χ1v) is 4.54. The predicted octanol–water partition coefficient (Wildman–Crippen LogP) is 2.92. The normalized spacial score (nSPS) is 9.82. The highest BCUT2D eigenvalue weighted by atomic mass is 127. The molecule has 2 heteroatoms. The van der Waals surface area contributed by atoms with Crippen LogP contribution in [0.25, 0.3) is 0 Å². The van der Waals surface area contributed by atoms with Gasteiger partial charge in [-0.25, -0.2) is 0 Å². The molecule has 1 aromatic rings. The molecule has 11 heavy (non-hydrogen) atoms. The topological polar surface area (TPSA) is 9.23 Å². The molecular weight excluding hydrogens is 251 g/mol. The van der Waals surface area contributed by atoms with Crippen molar-refractivity contribution in [3.05, 3.63) is 26.8 Å². The Balaban J connectivity index is 3.29. The molecular formula is C9H11IO. The van der Waals surface area contributed by atoms with Gasteiger partial charge in [-0.3, -0.25) is 0 Å². The number of ether oxygens (including phenoxy) is 1. The molecule has 0 bridgehead atoms. The summed E-state index contributed by atoms with van der Waals surface area (Å²) in [6.45, 7) is 4.13. The number of hydrogen-bond acceptors (Lipinski definition) is 1. The van der Waals surface area contributed by atoms with Gasteiger partial charge in [-0.1, -0.05) is 6.07 Å². The maximum Gasteiger partial charge on any atom is 0.125 e. The van der Waals surface area contributed by atoms with E-state index in [1.165, 1.54) is 14.7 Å². The quantitative estimate of drug-likeness (QED) is 0.707. The average molecular weight is 262 g/mol. The zero-order valence-corrected chi connectivity index (χ0v) is 9.10. The number of benzene rings is 1. The van der Waals surface area contributed by atoms with Crippen LogP contribution in [-0.4, -0.2) is 7.11 Å². The monoisotopic (exact) mass is 262 g/mol. The zero-order chi connectivity index (χ0) is 8.43. The number of aryl methyl sites for hydroxylation is 1. The van der Waals surface area contributed by atoms with Crippen molar-refractivity contribution in [1.82, 2.24) is 0 Å². The van der Waals surface area contributed by atoms with Crippen molar-refractivity contribution >= 4 is 22.6 Å². The number of rotatable bonds is 1. The Bertz CT molecular complexity index is 269. The second-order valence-corrected chi connectivity index (χ2v) is 3.68. The molecule has 0 amide bonds. The highest BCUT2D eigenvalue weighted by molar-refractivity contribution is 14.1. The van der Waals surface area contributed by atoms with Gasteiger partial charge < -0.3 is 4.74 Å². The van der Waals surface area contributed by atoms with Gasteiger partial charge in [0.15, 0.2) is 0 Å². The average Bonchev–Trinajstić information content (AvgIpc) is 1.99. The minimum Gasteiger partial charge on any atom is -0.496 e. The molecule has 0 unspecified atom stereocenters. The second kappa shape index (κ2) is 3.43. The number of methoxy groups -OCH3 is 1. The Labute approximate surface area is 80.9 Å². The molecule has 0 atom stereocenters. The van der Waals surface area contributed by atoms with Crippen LogP contribution in [0.1, 0.15) is 11.1 Å². The van der Waals surface area contributed by atoms with E-state index >= 15 is 0 Å². The molecule has 0 aromatic heterocycles. The molecule has 0 radical (unpaired) electrons. The van der Waals surface area contributed by atoms with E-state index in [0.717, 1.165) is 5.75 Å². The van der Waals surface area contributed by atoms with Crippen molar-refractivity contribution in [1.29, 1.82) is 0 Å². The van der Waals surface area contributed by atoms with E-state index in [9.17, 15) is 0 Å². The fourth-order valence-corrected chi connectivity index (χ4v) is 1.54. The Kier molecular flexibility index (Phi) is 2.76. The van der Waals surface area contributed by atoms with Crippen molar-refractivity contribution in [3.8, 4) is 5.75 Å². The lowest BCUT2D eigenvalue weighted by molar-refractivity contribution is 0.408. The van der Waals surface area contributed by atoms with E-state index in [1.807, 2.05) is 0 Å². The molecule has 0 fully saturated rings. The van der Waals surface area contributed by atoms with E-state index < -0.39 is 0 Å². The van der Waals surface area contributed by atoms with E-state index in [1.54, 1.807) is 7.11 Å². The van der Waals surface area contributed by atoms with Gasteiger partial charge in [0.2, 0.25) is 0 Å². The number of hydrogen-bond donors (Lipinski definition) is 0. The molecule has 0 aliphatic heterocycles. The van der Waals surface area contributed by atoms with Crippen molar-refractivity contribution in [2.45, 2.75) is 13.8 Å². The van der Waals surface area contributed by atoms with Gasteiger partial charge in [0.05, 0.1) is 7.11 Å². The molecule has 0 saturated heterocycles. The number of halogens is 1. The summed E-state index contributed by atoms with van der Waals surface area (Å²) in [7, 11) is 1.71. The Morgan fingerprint density at radius 1 is 1.27 bits per heavy atom. The lowest BCUT2D eigenvalue weighted by Gasteiger charge is -2.08. The van der Waals surface area contributed by atoms with Gasteiger partial charge in [-0.05, 0) is 48.1 Å². The van der Waals surface area contributed by atoms with Gasteiger partial charge in [0, 0.05) is 9.13 Å². The Hall–Kier alpha value is -0.250. The van der Waals surface area contributed by atoms with E-state index in [2.05, 4.69) is 48.6 Å². The third-order valence-electron chi connectivity index (χ3n) is 1.74. The molecule has 1 aromatic carbocycles. The predicted molar refractivity (Wildman–Crippen MR) is 55.2 cm³/mol. The summed E-state index contributed by atoms with van der Waals surface area (Å²) in [4.78, 5) is 0. The minimum atomic E-state index is 1.01. The van der Waals surface area contributed by atoms with Crippen LogP contribution in [0, 0.1) is 17.4 Å². The molecule has 0 aliphatic rings. The summed E-state index contributed by atoms with van der Waals surface area (Å²) < 4.78 is 6.51. The minimum absolute atomic E-state index is 1.01. The molecule has 0 saturated carbocycles. The van der Waals surface area contributed by atoms with Crippen molar-refractivity contribution in [2.24, 2.45) is 0 Å². The molecule has 0 heterocycles. The van der Waals surface area contributed by atoms with Crippen molar-refractivity contribution < 1.29 is 4.74 Å². The summed E-state index contributed by atoms with van der Waals surface area (Å²) in [6, 6.07) is 4.18. The second-order valence-electron chi connectivity index (χ2n) is 2.52. The fraction of sp³-hybridized carbons (Fsp3) is 0.333. The SMILES string of the molecule is COc1c(C)ccc(I)c1C. The summed E-state index contributed by atoms with van der Waals surface area (Å²) >= 11 is 2.31. The Morgan fingerprint density at radius 3 is 2.36 bits per heavy atom. The lowest BCUT2D eigenvalue weighted by Crippen LogP contribution is -1.92. The molecule has 1 rings (SSSR count). The Morgan fingerprint density at radius 2 is 1.91 bits per heavy atom. The standard InChI is InChI=1S/C9H11IO/c1-6-4-5-8(10)7(2)9(6)11-3/h4-5H,1-3H3. The highest BCUT2D eigenvalue weighted by Gasteiger charge is 2.04. The van der Waals surface area contributed by atoms with Crippen LogP contribution in [0.3, 0.4) is 0 Å². The smallest absolute Gasteiger partial charge is 0.125 e. The zero-order valence-electron chi connectivity index (χ0n) is 6.94. The maximum absolute atomic E-state index is 5.25. The van der Waals surface area contributed by atoms with Gasteiger partial charge in [0.25, 0.3) is 0 Å². The van der Waals surface area contributed by atoms with Crippen molar-refractivity contribution in [2.75, 3.05) is 7.11 Å². The van der Waals surface area contributed by atoms with Gasteiger partial charge >= 0.3 is 0 Å². The summed E-state index contributed by atoms with van der Waals surface area (Å²) in [5.74, 6) is 1.01. The van der Waals surface area contributed by atoms with Gasteiger partial charge in [-0.2, -0.15) is 0 Å². The lowest BCUT2D eigenvalue weighted by atomic mass is 10.1. The van der Waals surface area contributed by atoms with Crippen LogP contribution < -0.4 is 4.74 Å². The van der Waals surface area contributed by atoms with E-state index in [-0.39, 0.29) is 0 Å². The fourth-order valence-electron chi connectivity index (χ4n) is 1.12. The van der Waals surface area contributed by atoms with Crippen molar-refractivity contribution in [3.63, 3.8) is 0 Å². The van der Waals surface area contributed by atoms with Crippen LogP contribution in [0.15, 0.2) is 12.1 Å². The molecule has 0 aliphatic carbocycles. The molecule has 0 N–H and O–H groups in total. The molecule has 0 spiro atoms. The maximum atomic E-state index is 5.25. The third-order valence-corrected chi connectivity index (χ3v) is 2.91. The molecule has 1 nitrogen and oxygen atoms in total. The van der Waals surface area contributed by atoms with E-state index in [0.29, 0.717) is 0 Å². The highest BCUT2D eigenvalue weighted by Crippen LogP contribution is 2.26. The van der Waals surface area contributed by atoms with Crippen LogP contribution in [-0.2, 0) is 0 Å². The summed E-state index contributed by atoms with van der Waals surface area (Å²) in [5, 5.41) is 0. The first kappa shape index (κ1) is 8.84. The van der Waals surface area contributed by atoms with Crippen LogP contribution in [0.2, 0.25) is 0 Å². The van der Waals surface area contributed by atoms with Crippen LogP contribution in [0.5, 0.6) is 5.75 Å². The molecule has 60 valence electrons. The largest absolute Gasteiger partial charge is 0.496 e. The first-order valence-electron chi connectivity index (χ1n) is 3.46. The third kappa shape index (κ3) is 1.67.